The summed E-state index contributed by atoms with van der Waals surface area (Å²) in [6.07, 6.45) is -3.84. The fourth-order valence-electron chi connectivity index (χ4n) is 2.34. The monoisotopic (exact) mass is 452 g/mol. The van der Waals surface area contributed by atoms with Crippen molar-refractivity contribution in [2.75, 3.05) is 17.2 Å². The Labute approximate surface area is 168 Å². The summed E-state index contributed by atoms with van der Waals surface area (Å²) < 4.78 is 46.3. The van der Waals surface area contributed by atoms with Gasteiger partial charge in [-0.25, -0.2) is 4.98 Å². The first-order valence-corrected chi connectivity index (χ1v) is 9.11. The molecule has 5 nitrogen and oxygen atoms in total. The summed E-state index contributed by atoms with van der Waals surface area (Å²) >= 11 is 3.32. The third-order valence-corrected chi connectivity index (χ3v) is 4.15. The standard InChI is InChI=1S/C19H16BrF3N4O/c1-2-28-15-9-7-13(8-10-15)25-17-16(19(21,22)23)11-24-18(27-17)26-14-5-3-12(20)4-6-14/h3-11H,2H2,1H3,(H2,24,25,26,27). The third-order valence-electron chi connectivity index (χ3n) is 3.62. The van der Waals surface area contributed by atoms with E-state index < -0.39 is 11.7 Å². The molecule has 0 saturated heterocycles. The molecule has 0 aliphatic heterocycles. The number of benzene rings is 2. The zero-order chi connectivity index (χ0) is 20.1. The molecular formula is C19H16BrF3N4O. The van der Waals surface area contributed by atoms with Gasteiger partial charge in [0.05, 0.1) is 6.61 Å². The van der Waals surface area contributed by atoms with E-state index in [9.17, 15) is 13.2 Å². The number of halogens is 4. The maximum atomic E-state index is 13.4. The van der Waals surface area contributed by atoms with Crippen molar-refractivity contribution < 1.29 is 17.9 Å². The molecule has 0 saturated carbocycles. The molecule has 0 amide bonds. The summed E-state index contributed by atoms with van der Waals surface area (Å²) in [6.45, 7) is 2.35. The van der Waals surface area contributed by atoms with Crippen molar-refractivity contribution in [3.63, 3.8) is 0 Å². The highest BCUT2D eigenvalue weighted by atomic mass is 79.9. The third kappa shape index (κ3) is 5.13. The molecule has 146 valence electrons. The number of aromatic nitrogens is 2. The van der Waals surface area contributed by atoms with Gasteiger partial charge in [-0.05, 0) is 55.5 Å². The fourth-order valence-corrected chi connectivity index (χ4v) is 2.61. The molecule has 0 unspecified atom stereocenters. The first-order chi connectivity index (χ1) is 13.3. The summed E-state index contributed by atoms with van der Waals surface area (Å²) in [6, 6.07) is 13.7. The number of rotatable bonds is 6. The molecule has 0 atom stereocenters. The summed E-state index contributed by atoms with van der Waals surface area (Å²) in [5.41, 5.74) is 0.139. The first kappa shape index (κ1) is 19.9. The van der Waals surface area contributed by atoms with Crippen LogP contribution in [0.25, 0.3) is 0 Å². The maximum Gasteiger partial charge on any atom is 0.421 e. The average Bonchev–Trinajstić information content (AvgIpc) is 2.65. The van der Waals surface area contributed by atoms with E-state index in [0.29, 0.717) is 23.7 Å². The Bertz CT molecular complexity index is 931. The van der Waals surface area contributed by atoms with E-state index in [1.807, 2.05) is 6.92 Å². The number of ether oxygens (including phenoxy) is 1. The molecule has 0 radical (unpaired) electrons. The molecule has 0 spiro atoms. The SMILES string of the molecule is CCOc1ccc(Nc2nc(Nc3ccc(Br)cc3)ncc2C(F)(F)F)cc1. The number of hydrogen-bond acceptors (Lipinski definition) is 5. The Balaban J connectivity index is 1.88. The van der Waals surface area contributed by atoms with E-state index in [0.717, 1.165) is 10.7 Å². The molecule has 9 heteroatoms. The minimum atomic E-state index is -4.59. The summed E-state index contributed by atoms with van der Waals surface area (Å²) in [4.78, 5) is 7.80. The lowest BCUT2D eigenvalue weighted by Gasteiger charge is -2.15. The van der Waals surface area contributed by atoms with Crippen molar-refractivity contribution in [2.24, 2.45) is 0 Å². The number of alkyl halides is 3. The van der Waals surface area contributed by atoms with Crippen molar-refractivity contribution in [1.29, 1.82) is 0 Å². The van der Waals surface area contributed by atoms with E-state index in [1.54, 1.807) is 48.5 Å². The Hall–Kier alpha value is -2.81. The Morgan fingerprint density at radius 3 is 2.18 bits per heavy atom. The molecule has 1 heterocycles. The Kier molecular flexibility index (Phi) is 6.03. The van der Waals surface area contributed by atoms with Gasteiger partial charge in [-0.15, -0.1) is 0 Å². The smallest absolute Gasteiger partial charge is 0.421 e. The average molecular weight is 453 g/mol. The topological polar surface area (TPSA) is 59.1 Å². The van der Waals surface area contributed by atoms with Gasteiger partial charge in [0.25, 0.3) is 0 Å². The summed E-state index contributed by atoms with van der Waals surface area (Å²) in [5, 5.41) is 5.60. The van der Waals surface area contributed by atoms with Crippen LogP contribution in [0, 0.1) is 0 Å². The van der Waals surface area contributed by atoms with Crippen molar-refractivity contribution in [1.82, 2.24) is 9.97 Å². The molecule has 0 aliphatic carbocycles. The van der Waals surface area contributed by atoms with Crippen LogP contribution in [-0.2, 0) is 6.18 Å². The van der Waals surface area contributed by atoms with E-state index in [-0.39, 0.29) is 11.8 Å². The Morgan fingerprint density at radius 1 is 0.964 bits per heavy atom. The van der Waals surface area contributed by atoms with E-state index in [1.165, 1.54) is 0 Å². The molecule has 0 aliphatic rings. The van der Waals surface area contributed by atoms with Crippen LogP contribution in [0.2, 0.25) is 0 Å². The van der Waals surface area contributed by atoms with Crippen LogP contribution in [0.15, 0.2) is 59.2 Å². The van der Waals surface area contributed by atoms with Crippen LogP contribution >= 0.6 is 15.9 Å². The van der Waals surface area contributed by atoms with Crippen LogP contribution in [0.3, 0.4) is 0 Å². The molecule has 2 aromatic carbocycles. The van der Waals surface area contributed by atoms with Crippen molar-refractivity contribution >= 4 is 39.1 Å². The number of nitrogens with one attached hydrogen (secondary N) is 2. The van der Waals surface area contributed by atoms with Gasteiger partial charge >= 0.3 is 6.18 Å². The van der Waals surface area contributed by atoms with E-state index >= 15 is 0 Å². The van der Waals surface area contributed by atoms with Gasteiger partial charge in [0, 0.05) is 22.0 Å². The highest BCUT2D eigenvalue weighted by molar-refractivity contribution is 9.10. The minimum absolute atomic E-state index is 0.0451. The molecule has 3 aromatic rings. The second-order valence-corrected chi connectivity index (χ2v) is 6.58. The second kappa shape index (κ2) is 8.47. The Morgan fingerprint density at radius 2 is 1.57 bits per heavy atom. The summed E-state index contributed by atoms with van der Waals surface area (Å²) in [5.74, 6) is 0.333. The predicted molar refractivity (Wildman–Crippen MR) is 105 cm³/mol. The molecule has 1 aromatic heterocycles. The van der Waals surface area contributed by atoms with E-state index in [4.69, 9.17) is 4.74 Å². The first-order valence-electron chi connectivity index (χ1n) is 8.32. The lowest BCUT2D eigenvalue weighted by Crippen LogP contribution is -2.12. The van der Waals surface area contributed by atoms with Gasteiger partial charge in [-0.3, -0.25) is 0 Å². The van der Waals surface area contributed by atoms with Gasteiger partial charge in [-0.2, -0.15) is 18.2 Å². The van der Waals surface area contributed by atoms with Crippen LogP contribution in [0.5, 0.6) is 5.75 Å². The van der Waals surface area contributed by atoms with Gasteiger partial charge in [0.15, 0.2) is 0 Å². The van der Waals surface area contributed by atoms with Gasteiger partial charge in [0.1, 0.15) is 17.1 Å². The number of hydrogen-bond donors (Lipinski definition) is 2. The zero-order valence-corrected chi connectivity index (χ0v) is 16.3. The highest BCUT2D eigenvalue weighted by Gasteiger charge is 2.35. The van der Waals surface area contributed by atoms with Crippen LogP contribution in [0.1, 0.15) is 12.5 Å². The van der Waals surface area contributed by atoms with Crippen molar-refractivity contribution in [3.05, 3.63) is 64.8 Å². The van der Waals surface area contributed by atoms with Crippen molar-refractivity contribution in [2.45, 2.75) is 13.1 Å². The fraction of sp³-hybridized carbons (Fsp3) is 0.158. The lowest BCUT2D eigenvalue weighted by atomic mass is 10.2. The maximum absolute atomic E-state index is 13.4. The highest BCUT2D eigenvalue weighted by Crippen LogP contribution is 2.35. The van der Waals surface area contributed by atoms with Gasteiger partial charge in [0.2, 0.25) is 5.95 Å². The van der Waals surface area contributed by atoms with Gasteiger partial charge < -0.3 is 15.4 Å². The minimum Gasteiger partial charge on any atom is -0.494 e. The van der Waals surface area contributed by atoms with E-state index in [2.05, 4.69) is 36.5 Å². The largest absolute Gasteiger partial charge is 0.494 e. The van der Waals surface area contributed by atoms with Crippen LogP contribution in [0.4, 0.5) is 36.3 Å². The molecule has 28 heavy (non-hydrogen) atoms. The molecular weight excluding hydrogens is 437 g/mol. The number of nitrogens with zero attached hydrogens (tertiary/aromatic N) is 2. The quantitative estimate of drug-likeness (QED) is 0.470. The van der Waals surface area contributed by atoms with Crippen LogP contribution < -0.4 is 15.4 Å². The molecule has 0 bridgehead atoms. The van der Waals surface area contributed by atoms with Crippen molar-refractivity contribution in [3.8, 4) is 5.75 Å². The predicted octanol–water partition coefficient (Wildman–Crippen LogP) is 6.14. The molecule has 3 rings (SSSR count). The normalized spacial score (nSPS) is 11.2. The van der Waals surface area contributed by atoms with Crippen LogP contribution in [-0.4, -0.2) is 16.6 Å². The lowest BCUT2D eigenvalue weighted by molar-refractivity contribution is -0.137. The van der Waals surface area contributed by atoms with Gasteiger partial charge in [-0.1, -0.05) is 15.9 Å². The number of anilines is 4. The molecule has 0 fully saturated rings. The zero-order valence-electron chi connectivity index (χ0n) is 14.7. The summed E-state index contributed by atoms with van der Waals surface area (Å²) in [7, 11) is 0. The molecule has 2 N–H and O–H groups in total. The second-order valence-electron chi connectivity index (χ2n) is 5.67.